The van der Waals surface area contributed by atoms with Crippen molar-refractivity contribution in [2.75, 3.05) is 25.7 Å². The first-order valence-corrected chi connectivity index (χ1v) is 5.53. The monoisotopic (exact) mass is 244 g/mol. The fourth-order valence-corrected chi connectivity index (χ4v) is 1.85. The van der Waals surface area contributed by atoms with E-state index in [0.29, 0.717) is 22.9 Å². The molecule has 0 aliphatic carbocycles. The second kappa shape index (κ2) is 4.87. The summed E-state index contributed by atoms with van der Waals surface area (Å²) in [5, 5.41) is 0. The normalized spacial score (nSPS) is 10.1. The van der Waals surface area contributed by atoms with Gasteiger partial charge in [0, 0.05) is 5.56 Å². The molecule has 4 N–H and O–H groups in total. The second-order valence-electron chi connectivity index (χ2n) is 3.88. The third-order valence-corrected chi connectivity index (χ3v) is 2.83. The van der Waals surface area contributed by atoms with Crippen LogP contribution in [0.1, 0.15) is 0 Å². The Labute approximate surface area is 106 Å². The third kappa shape index (κ3) is 2.05. The molecule has 2 rings (SSSR count). The van der Waals surface area contributed by atoms with Gasteiger partial charge in [-0.05, 0) is 23.8 Å². The number of benzene rings is 2. The molecule has 0 saturated carbocycles. The highest BCUT2D eigenvalue weighted by atomic mass is 16.5. The highest BCUT2D eigenvalue weighted by Crippen LogP contribution is 2.35. The van der Waals surface area contributed by atoms with Gasteiger partial charge in [0.05, 0.1) is 25.6 Å². The number of rotatable bonds is 3. The van der Waals surface area contributed by atoms with Crippen LogP contribution in [0.4, 0.5) is 11.4 Å². The second-order valence-corrected chi connectivity index (χ2v) is 3.88. The summed E-state index contributed by atoms with van der Waals surface area (Å²) >= 11 is 0. The fraction of sp³-hybridized carbons (Fsp3) is 0.143. The average molecular weight is 244 g/mol. The van der Waals surface area contributed by atoms with Crippen LogP contribution in [0.15, 0.2) is 36.4 Å². The molecule has 0 spiro atoms. The molecule has 2 aromatic carbocycles. The molecule has 0 saturated heterocycles. The van der Waals surface area contributed by atoms with Crippen LogP contribution in [-0.2, 0) is 0 Å². The van der Waals surface area contributed by atoms with Crippen molar-refractivity contribution < 1.29 is 9.47 Å². The Balaban J connectivity index is 2.55. The first-order chi connectivity index (χ1) is 8.67. The summed E-state index contributed by atoms with van der Waals surface area (Å²) in [7, 11) is 3.18. The van der Waals surface area contributed by atoms with E-state index in [2.05, 4.69) is 0 Å². The number of hydrogen-bond donors (Lipinski definition) is 2. The number of nitrogens with two attached hydrogens (primary N) is 2. The predicted molar refractivity (Wildman–Crippen MR) is 73.8 cm³/mol. The molecule has 2 aromatic rings. The van der Waals surface area contributed by atoms with Crippen LogP contribution in [0.5, 0.6) is 11.5 Å². The number of anilines is 2. The molecule has 0 amide bonds. The van der Waals surface area contributed by atoms with Crippen molar-refractivity contribution in [2.45, 2.75) is 0 Å². The minimum atomic E-state index is 0.600. The van der Waals surface area contributed by atoms with Gasteiger partial charge in [-0.2, -0.15) is 0 Å². The molecular formula is C14H16N2O2. The smallest absolute Gasteiger partial charge is 0.142 e. The fourth-order valence-electron chi connectivity index (χ4n) is 1.85. The van der Waals surface area contributed by atoms with Crippen LogP contribution in [0.25, 0.3) is 11.1 Å². The molecular weight excluding hydrogens is 228 g/mol. The lowest BCUT2D eigenvalue weighted by molar-refractivity contribution is 0.416. The molecule has 18 heavy (non-hydrogen) atoms. The van der Waals surface area contributed by atoms with Crippen LogP contribution in [0.3, 0.4) is 0 Å². The van der Waals surface area contributed by atoms with Crippen LogP contribution in [0, 0.1) is 0 Å². The lowest BCUT2D eigenvalue weighted by atomic mass is 10.0. The molecule has 0 heterocycles. The molecule has 4 heteroatoms. The number of methoxy groups -OCH3 is 2. The van der Waals surface area contributed by atoms with Gasteiger partial charge < -0.3 is 20.9 Å². The van der Waals surface area contributed by atoms with Crippen molar-refractivity contribution in [3.63, 3.8) is 0 Å². The van der Waals surface area contributed by atoms with Crippen LogP contribution in [-0.4, -0.2) is 14.2 Å². The Kier molecular flexibility index (Phi) is 3.28. The summed E-state index contributed by atoms with van der Waals surface area (Å²) in [5.74, 6) is 1.29. The predicted octanol–water partition coefficient (Wildman–Crippen LogP) is 2.54. The van der Waals surface area contributed by atoms with E-state index < -0.39 is 0 Å². The minimum absolute atomic E-state index is 0.600. The van der Waals surface area contributed by atoms with E-state index in [1.54, 1.807) is 20.3 Å². The highest BCUT2D eigenvalue weighted by molar-refractivity contribution is 5.82. The van der Waals surface area contributed by atoms with Gasteiger partial charge in [-0.15, -0.1) is 0 Å². The number of nitrogen functional groups attached to an aromatic ring is 2. The first kappa shape index (κ1) is 12.1. The lowest BCUT2D eigenvalue weighted by Gasteiger charge is -2.12. The van der Waals surface area contributed by atoms with Gasteiger partial charge in [0.2, 0.25) is 0 Å². The molecule has 94 valence electrons. The van der Waals surface area contributed by atoms with Crippen LogP contribution < -0.4 is 20.9 Å². The van der Waals surface area contributed by atoms with Crippen molar-refractivity contribution in [1.29, 1.82) is 0 Å². The zero-order valence-electron chi connectivity index (χ0n) is 10.4. The molecule has 0 aromatic heterocycles. The van der Waals surface area contributed by atoms with Crippen LogP contribution in [0.2, 0.25) is 0 Å². The summed E-state index contributed by atoms with van der Waals surface area (Å²) < 4.78 is 10.4. The van der Waals surface area contributed by atoms with Crippen molar-refractivity contribution in [3.05, 3.63) is 36.4 Å². The Morgan fingerprint density at radius 3 is 2.28 bits per heavy atom. The molecule has 0 aliphatic heterocycles. The average Bonchev–Trinajstić information content (AvgIpc) is 2.40. The molecule has 0 radical (unpaired) electrons. The molecule has 4 nitrogen and oxygen atoms in total. The summed E-state index contributed by atoms with van der Waals surface area (Å²) in [6, 6.07) is 11.2. The Hall–Kier alpha value is -2.36. The van der Waals surface area contributed by atoms with Gasteiger partial charge in [0.25, 0.3) is 0 Å². The van der Waals surface area contributed by atoms with Crippen molar-refractivity contribution >= 4 is 11.4 Å². The van der Waals surface area contributed by atoms with Gasteiger partial charge in [0.15, 0.2) is 0 Å². The maximum Gasteiger partial charge on any atom is 0.142 e. The van der Waals surface area contributed by atoms with Crippen molar-refractivity contribution in [2.24, 2.45) is 0 Å². The number of hydrogen-bond acceptors (Lipinski definition) is 4. The van der Waals surface area contributed by atoms with Gasteiger partial charge >= 0.3 is 0 Å². The maximum absolute atomic E-state index is 6.06. The lowest BCUT2D eigenvalue weighted by Crippen LogP contribution is -1.96. The Morgan fingerprint density at radius 1 is 0.889 bits per heavy atom. The van der Waals surface area contributed by atoms with E-state index in [4.69, 9.17) is 20.9 Å². The molecule has 0 bridgehead atoms. The number of para-hydroxylation sites is 1. The van der Waals surface area contributed by atoms with Gasteiger partial charge in [-0.1, -0.05) is 18.2 Å². The summed E-state index contributed by atoms with van der Waals surface area (Å²) in [6.45, 7) is 0. The first-order valence-electron chi connectivity index (χ1n) is 5.53. The standard InChI is InChI=1S/C14H16N2O2/c1-17-12-5-3-4-10(14(12)16)9-6-7-11(15)13(8-9)18-2/h3-8H,15-16H2,1-2H3. The van der Waals surface area contributed by atoms with Gasteiger partial charge in [-0.25, -0.2) is 0 Å². The largest absolute Gasteiger partial charge is 0.495 e. The highest BCUT2D eigenvalue weighted by Gasteiger charge is 2.09. The quantitative estimate of drug-likeness (QED) is 0.814. The summed E-state index contributed by atoms with van der Waals surface area (Å²) in [4.78, 5) is 0. The van der Waals surface area contributed by atoms with E-state index in [-0.39, 0.29) is 0 Å². The summed E-state index contributed by atoms with van der Waals surface area (Å²) in [5.41, 5.74) is 14.9. The zero-order chi connectivity index (χ0) is 13.1. The van der Waals surface area contributed by atoms with Gasteiger partial charge in [-0.3, -0.25) is 0 Å². The molecule has 0 unspecified atom stereocenters. The maximum atomic E-state index is 6.06. The number of ether oxygens (including phenoxy) is 2. The van der Waals surface area contributed by atoms with E-state index >= 15 is 0 Å². The summed E-state index contributed by atoms with van der Waals surface area (Å²) in [6.07, 6.45) is 0. The third-order valence-electron chi connectivity index (χ3n) is 2.83. The van der Waals surface area contributed by atoms with E-state index in [1.165, 1.54) is 0 Å². The van der Waals surface area contributed by atoms with E-state index in [9.17, 15) is 0 Å². The van der Waals surface area contributed by atoms with E-state index in [1.807, 2.05) is 30.3 Å². The van der Waals surface area contributed by atoms with E-state index in [0.717, 1.165) is 11.1 Å². The molecule has 0 aliphatic rings. The van der Waals surface area contributed by atoms with Crippen molar-refractivity contribution in [3.8, 4) is 22.6 Å². The zero-order valence-corrected chi connectivity index (χ0v) is 10.4. The molecule has 0 atom stereocenters. The Bertz CT molecular complexity index is 568. The molecule has 0 fully saturated rings. The Morgan fingerprint density at radius 2 is 1.61 bits per heavy atom. The van der Waals surface area contributed by atoms with Gasteiger partial charge in [0.1, 0.15) is 11.5 Å². The SMILES string of the molecule is COc1cc(-c2cccc(OC)c2N)ccc1N. The minimum Gasteiger partial charge on any atom is -0.495 e. The topological polar surface area (TPSA) is 70.5 Å². The van der Waals surface area contributed by atoms with Crippen molar-refractivity contribution in [1.82, 2.24) is 0 Å². The van der Waals surface area contributed by atoms with Crippen LogP contribution >= 0.6 is 0 Å².